The fourth-order valence-corrected chi connectivity index (χ4v) is 4.16. The zero-order valence-electron chi connectivity index (χ0n) is 18.3. The molecule has 0 aliphatic carbocycles. The van der Waals surface area contributed by atoms with E-state index in [-0.39, 0.29) is 16.4 Å². The maximum absolute atomic E-state index is 13.4. The Bertz CT molecular complexity index is 1200. The van der Waals surface area contributed by atoms with E-state index < -0.39 is 16.7 Å². The average Bonchev–Trinajstić information content (AvgIpc) is 2.79. The number of hydrogen-bond acceptors (Lipinski definition) is 7. The molecule has 2 aromatic carbocycles. The molecule has 10 heteroatoms. The Kier molecular flexibility index (Phi) is 6.21. The van der Waals surface area contributed by atoms with E-state index in [4.69, 9.17) is 12.2 Å². The molecule has 4 rings (SSSR count). The number of piperazine rings is 1. The van der Waals surface area contributed by atoms with Crippen molar-refractivity contribution in [3.05, 3.63) is 68.8 Å². The van der Waals surface area contributed by atoms with Crippen LogP contribution in [0, 0.1) is 24.0 Å². The fraction of sp³-hybridized carbons (Fsp3) is 0.261. The predicted molar refractivity (Wildman–Crippen MR) is 130 cm³/mol. The van der Waals surface area contributed by atoms with Gasteiger partial charge in [-0.1, -0.05) is 6.07 Å². The molecule has 2 aliphatic rings. The number of carbonyl (C=O) groups is 2. The molecule has 2 fully saturated rings. The third kappa shape index (κ3) is 4.48. The Morgan fingerprint density at radius 1 is 1.06 bits per heavy atom. The number of anilines is 2. The largest absolute Gasteiger partial charge is 0.368 e. The highest BCUT2D eigenvalue weighted by molar-refractivity contribution is 7.80. The number of amides is 2. The second-order valence-corrected chi connectivity index (χ2v) is 8.35. The van der Waals surface area contributed by atoms with Crippen LogP contribution in [0.4, 0.5) is 17.1 Å². The number of thiocarbonyl (C=S) groups is 1. The minimum atomic E-state index is -0.636. The highest BCUT2D eigenvalue weighted by Gasteiger charge is 2.35. The number of nitrogens with one attached hydrogen (secondary N) is 2. The van der Waals surface area contributed by atoms with Crippen LogP contribution < -0.4 is 20.4 Å². The van der Waals surface area contributed by atoms with E-state index >= 15 is 0 Å². The van der Waals surface area contributed by atoms with Gasteiger partial charge in [0, 0.05) is 49.6 Å². The highest BCUT2D eigenvalue weighted by Crippen LogP contribution is 2.30. The molecule has 170 valence electrons. The van der Waals surface area contributed by atoms with Crippen LogP contribution >= 0.6 is 12.2 Å². The fourth-order valence-electron chi connectivity index (χ4n) is 3.88. The van der Waals surface area contributed by atoms with Crippen molar-refractivity contribution in [1.29, 1.82) is 0 Å². The van der Waals surface area contributed by atoms with Crippen molar-refractivity contribution in [2.24, 2.45) is 0 Å². The number of nitro benzene ring substituents is 1. The molecule has 0 bridgehead atoms. The van der Waals surface area contributed by atoms with Crippen LogP contribution in [0.2, 0.25) is 0 Å². The van der Waals surface area contributed by atoms with Gasteiger partial charge in [0.2, 0.25) is 0 Å². The minimum absolute atomic E-state index is 0.00762. The van der Waals surface area contributed by atoms with Gasteiger partial charge in [0.05, 0.1) is 10.6 Å². The molecule has 2 saturated heterocycles. The van der Waals surface area contributed by atoms with Gasteiger partial charge in [-0.2, -0.15) is 0 Å². The second kappa shape index (κ2) is 9.08. The molecule has 2 amide bonds. The number of aryl methyl sites for hydroxylation is 2. The van der Waals surface area contributed by atoms with E-state index in [9.17, 15) is 19.7 Å². The molecule has 2 aliphatic heterocycles. The summed E-state index contributed by atoms with van der Waals surface area (Å²) < 4.78 is 0. The summed E-state index contributed by atoms with van der Waals surface area (Å²) in [5.41, 5.74) is 3.47. The Labute approximate surface area is 196 Å². The number of nitro groups is 1. The summed E-state index contributed by atoms with van der Waals surface area (Å²) in [6.45, 7) is 6.82. The molecule has 2 heterocycles. The summed E-state index contributed by atoms with van der Waals surface area (Å²) in [6, 6.07) is 9.95. The third-order valence-electron chi connectivity index (χ3n) is 5.83. The van der Waals surface area contributed by atoms with Crippen molar-refractivity contribution in [2.75, 3.05) is 36.0 Å². The van der Waals surface area contributed by atoms with Gasteiger partial charge in [0.1, 0.15) is 5.57 Å². The molecule has 0 unspecified atom stereocenters. The first kappa shape index (κ1) is 22.6. The minimum Gasteiger partial charge on any atom is -0.368 e. The van der Waals surface area contributed by atoms with Crippen LogP contribution in [-0.4, -0.2) is 48.0 Å². The van der Waals surface area contributed by atoms with Crippen molar-refractivity contribution in [2.45, 2.75) is 13.8 Å². The molecule has 0 radical (unpaired) electrons. The quantitative estimate of drug-likeness (QED) is 0.235. The van der Waals surface area contributed by atoms with E-state index in [0.29, 0.717) is 24.3 Å². The molecular weight excluding hydrogens is 442 g/mol. The molecule has 2 aromatic rings. The van der Waals surface area contributed by atoms with Crippen LogP contribution in [0.15, 0.2) is 42.0 Å². The van der Waals surface area contributed by atoms with Crippen LogP contribution in [0.1, 0.15) is 16.7 Å². The topological polar surface area (TPSA) is 108 Å². The number of carbonyl (C=O) groups excluding carboxylic acids is 2. The zero-order chi connectivity index (χ0) is 23.7. The smallest absolute Gasteiger partial charge is 0.270 e. The number of rotatable bonds is 4. The van der Waals surface area contributed by atoms with Gasteiger partial charge >= 0.3 is 0 Å². The first-order valence-corrected chi connectivity index (χ1v) is 10.9. The van der Waals surface area contributed by atoms with Gasteiger partial charge in [0.15, 0.2) is 5.11 Å². The lowest BCUT2D eigenvalue weighted by atomic mass is 10.0. The first-order valence-electron chi connectivity index (χ1n) is 10.5. The SMILES string of the molecule is Cc1ccc(N2C(=O)/C(=C\c3cc([N+](=O)[O-])ccc3N3CCNCC3)C(=O)NC2=S)cc1C. The summed E-state index contributed by atoms with van der Waals surface area (Å²) in [5.74, 6) is -1.22. The van der Waals surface area contributed by atoms with E-state index in [2.05, 4.69) is 15.5 Å². The Hall–Kier alpha value is -3.63. The van der Waals surface area contributed by atoms with Crippen LogP contribution in [-0.2, 0) is 9.59 Å². The summed E-state index contributed by atoms with van der Waals surface area (Å²) >= 11 is 5.28. The lowest BCUT2D eigenvalue weighted by molar-refractivity contribution is -0.384. The predicted octanol–water partition coefficient (Wildman–Crippen LogP) is 2.45. The van der Waals surface area contributed by atoms with E-state index in [0.717, 1.165) is 29.9 Å². The van der Waals surface area contributed by atoms with Crippen molar-refractivity contribution < 1.29 is 14.5 Å². The molecule has 9 nitrogen and oxygen atoms in total. The highest BCUT2D eigenvalue weighted by atomic mass is 32.1. The molecule has 0 aromatic heterocycles. The van der Waals surface area contributed by atoms with Crippen LogP contribution in [0.25, 0.3) is 6.08 Å². The molecule has 0 saturated carbocycles. The van der Waals surface area contributed by atoms with Gasteiger partial charge in [-0.05, 0) is 61.5 Å². The normalized spacial score (nSPS) is 18.0. The monoisotopic (exact) mass is 465 g/mol. The lowest BCUT2D eigenvalue weighted by Crippen LogP contribution is -2.54. The molecule has 33 heavy (non-hydrogen) atoms. The van der Waals surface area contributed by atoms with Crippen molar-refractivity contribution >= 4 is 52.3 Å². The van der Waals surface area contributed by atoms with E-state index in [1.165, 1.54) is 23.1 Å². The molecule has 0 atom stereocenters. The lowest BCUT2D eigenvalue weighted by Gasteiger charge is -2.31. The summed E-state index contributed by atoms with van der Waals surface area (Å²) in [7, 11) is 0. The number of nitrogens with zero attached hydrogens (tertiary/aromatic N) is 3. The average molecular weight is 466 g/mol. The second-order valence-electron chi connectivity index (χ2n) is 7.96. The summed E-state index contributed by atoms with van der Waals surface area (Å²) in [6.07, 6.45) is 1.41. The summed E-state index contributed by atoms with van der Waals surface area (Å²) in [5, 5.41) is 17.2. The zero-order valence-corrected chi connectivity index (χ0v) is 19.1. The Morgan fingerprint density at radius 2 is 1.79 bits per heavy atom. The van der Waals surface area contributed by atoms with E-state index in [1.54, 1.807) is 12.1 Å². The maximum Gasteiger partial charge on any atom is 0.270 e. The van der Waals surface area contributed by atoms with Gasteiger partial charge in [-0.25, -0.2) is 0 Å². The van der Waals surface area contributed by atoms with Gasteiger partial charge in [-0.3, -0.25) is 29.9 Å². The van der Waals surface area contributed by atoms with E-state index in [1.807, 2.05) is 26.0 Å². The molecule has 0 spiro atoms. The number of non-ortho nitro benzene ring substituents is 1. The Balaban J connectivity index is 1.79. The summed E-state index contributed by atoms with van der Waals surface area (Å²) in [4.78, 5) is 40.4. The number of benzene rings is 2. The van der Waals surface area contributed by atoms with Crippen molar-refractivity contribution in [1.82, 2.24) is 10.6 Å². The van der Waals surface area contributed by atoms with Gasteiger partial charge in [-0.15, -0.1) is 0 Å². The van der Waals surface area contributed by atoms with Crippen molar-refractivity contribution in [3.8, 4) is 0 Å². The third-order valence-corrected chi connectivity index (χ3v) is 6.11. The maximum atomic E-state index is 13.4. The van der Waals surface area contributed by atoms with Crippen molar-refractivity contribution in [3.63, 3.8) is 0 Å². The first-order chi connectivity index (χ1) is 15.8. The van der Waals surface area contributed by atoms with Gasteiger partial charge < -0.3 is 10.2 Å². The molecule has 2 N–H and O–H groups in total. The van der Waals surface area contributed by atoms with Crippen LogP contribution in [0.5, 0.6) is 0 Å². The standard InChI is InChI=1S/C23H23N5O4S/c1-14-3-4-17(11-15(14)2)27-22(30)19(21(29)25-23(27)33)13-16-12-18(28(31)32)5-6-20(16)26-9-7-24-8-10-26/h3-6,11-13,24H,7-10H2,1-2H3,(H,25,29,33)/b19-13-. The van der Waals surface area contributed by atoms with Crippen LogP contribution in [0.3, 0.4) is 0 Å². The van der Waals surface area contributed by atoms with Gasteiger partial charge in [0.25, 0.3) is 17.5 Å². The number of hydrogen-bond donors (Lipinski definition) is 2. The Morgan fingerprint density at radius 3 is 2.45 bits per heavy atom. The molecular formula is C23H23N5O4S.